The SMILES string of the molecule is CCN1CCC(NCCCn2ccnn2)CC1. The number of nitrogens with one attached hydrogen (secondary N) is 1. The molecule has 5 nitrogen and oxygen atoms in total. The molecular weight excluding hydrogens is 214 g/mol. The second-order valence-electron chi connectivity index (χ2n) is 4.68. The zero-order valence-corrected chi connectivity index (χ0v) is 10.7. The van der Waals surface area contributed by atoms with Gasteiger partial charge in [-0.3, -0.25) is 4.68 Å². The Balaban J connectivity index is 1.54. The first kappa shape index (κ1) is 12.5. The van der Waals surface area contributed by atoms with E-state index < -0.39 is 0 Å². The fraction of sp³-hybridized carbons (Fsp3) is 0.833. The van der Waals surface area contributed by atoms with Crippen LogP contribution in [0.5, 0.6) is 0 Å². The molecule has 0 aromatic carbocycles. The summed E-state index contributed by atoms with van der Waals surface area (Å²) < 4.78 is 1.89. The first-order valence-corrected chi connectivity index (χ1v) is 6.68. The molecule has 1 aromatic rings. The highest BCUT2D eigenvalue weighted by molar-refractivity contribution is 4.76. The van der Waals surface area contributed by atoms with E-state index in [-0.39, 0.29) is 0 Å². The Morgan fingerprint density at radius 1 is 1.35 bits per heavy atom. The van der Waals surface area contributed by atoms with E-state index >= 15 is 0 Å². The minimum absolute atomic E-state index is 0.716. The van der Waals surface area contributed by atoms with Gasteiger partial charge in [-0.25, -0.2) is 0 Å². The van der Waals surface area contributed by atoms with Crippen molar-refractivity contribution in [1.29, 1.82) is 0 Å². The maximum Gasteiger partial charge on any atom is 0.0692 e. The van der Waals surface area contributed by atoms with Gasteiger partial charge in [-0.15, -0.1) is 5.10 Å². The third kappa shape index (κ3) is 4.09. The van der Waals surface area contributed by atoms with Gasteiger partial charge in [0.25, 0.3) is 0 Å². The second kappa shape index (κ2) is 6.71. The molecule has 1 N–H and O–H groups in total. The highest BCUT2D eigenvalue weighted by Gasteiger charge is 2.16. The van der Waals surface area contributed by atoms with E-state index in [2.05, 4.69) is 27.5 Å². The minimum atomic E-state index is 0.716. The van der Waals surface area contributed by atoms with E-state index in [9.17, 15) is 0 Å². The summed E-state index contributed by atoms with van der Waals surface area (Å²) in [6, 6.07) is 0.716. The summed E-state index contributed by atoms with van der Waals surface area (Å²) in [5.74, 6) is 0. The Bertz CT molecular complexity index is 290. The Morgan fingerprint density at radius 2 is 2.18 bits per heavy atom. The van der Waals surface area contributed by atoms with Crippen molar-refractivity contribution in [2.45, 2.75) is 38.8 Å². The molecule has 1 aliphatic rings. The average Bonchev–Trinajstić information content (AvgIpc) is 2.88. The van der Waals surface area contributed by atoms with E-state index in [1.165, 1.54) is 32.5 Å². The van der Waals surface area contributed by atoms with Gasteiger partial charge in [0.1, 0.15) is 0 Å². The molecule has 0 amide bonds. The van der Waals surface area contributed by atoms with Crippen molar-refractivity contribution in [2.75, 3.05) is 26.2 Å². The van der Waals surface area contributed by atoms with Gasteiger partial charge >= 0.3 is 0 Å². The third-order valence-corrected chi connectivity index (χ3v) is 3.50. The molecule has 1 aliphatic heterocycles. The van der Waals surface area contributed by atoms with Crippen LogP contribution in [0, 0.1) is 0 Å². The molecule has 5 heteroatoms. The first-order valence-electron chi connectivity index (χ1n) is 6.68. The monoisotopic (exact) mass is 237 g/mol. The molecule has 0 atom stereocenters. The molecule has 0 unspecified atom stereocenters. The smallest absolute Gasteiger partial charge is 0.0692 e. The predicted octanol–water partition coefficient (Wildman–Crippen LogP) is 0.742. The van der Waals surface area contributed by atoms with Gasteiger partial charge in [0, 0.05) is 18.8 Å². The quantitative estimate of drug-likeness (QED) is 0.741. The van der Waals surface area contributed by atoms with Crippen molar-refractivity contribution in [3.63, 3.8) is 0 Å². The fourth-order valence-electron chi connectivity index (χ4n) is 2.35. The lowest BCUT2D eigenvalue weighted by Crippen LogP contribution is -2.42. The number of piperidine rings is 1. The lowest BCUT2D eigenvalue weighted by molar-refractivity contribution is 0.206. The summed E-state index contributed by atoms with van der Waals surface area (Å²) in [6.45, 7) is 7.97. The van der Waals surface area contributed by atoms with Crippen molar-refractivity contribution in [3.05, 3.63) is 12.4 Å². The van der Waals surface area contributed by atoms with E-state index in [1.54, 1.807) is 6.20 Å². The number of likely N-dealkylation sites (tertiary alicyclic amines) is 1. The van der Waals surface area contributed by atoms with Gasteiger partial charge in [-0.1, -0.05) is 12.1 Å². The Hall–Kier alpha value is -0.940. The molecule has 0 saturated carbocycles. The van der Waals surface area contributed by atoms with Crippen LogP contribution in [0.25, 0.3) is 0 Å². The molecule has 0 radical (unpaired) electrons. The van der Waals surface area contributed by atoms with Crippen LogP contribution in [0.2, 0.25) is 0 Å². The molecule has 1 aromatic heterocycles. The van der Waals surface area contributed by atoms with E-state index in [0.29, 0.717) is 6.04 Å². The standard InChI is InChI=1S/C12H23N5/c1-2-16-9-4-12(5-10-16)13-6-3-8-17-11-7-14-15-17/h7,11-13H,2-6,8-10H2,1H3. The lowest BCUT2D eigenvalue weighted by Gasteiger charge is -2.31. The zero-order chi connectivity index (χ0) is 11.9. The van der Waals surface area contributed by atoms with Crippen molar-refractivity contribution in [2.24, 2.45) is 0 Å². The second-order valence-corrected chi connectivity index (χ2v) is 4.68. The molecule has 0 bridgehead atoms. The number of aromatic nitrogens is 3. The molecule has 96 valence electrons. The van der Waals surface area contributed by atoms with Gasteiger partial charge in [0.2, 0.25) is 0 Å². The topological polar surface area (TPSA) is 46.0 Å². The van der Waals surface area contributed by atoms with Gasteiger partial charge in [-0.05, 0) is 45.4 Å². The third-order valence-electron chi connectivity index (χ3n) is 3.50. The van der Waals surface area contributed by atoms with Crippen LogP contribution < -0.4 is 5.32 Å². The van der Waals surface area contributed by atoms with Gasteiger partial charge < -0.3 is 10.2 Å². The highest BCUT2D eigenvalue weighted by atomic mass is 15.4. The molecular formula is C12H23N5. The van der Waals surface area contributed by atoms with Crippen LogP contribution in [0.4, 0.5) is 0 Å². The fourth-order valence-corrected chi connectivity index (χ4v) is 2.35. The Labute approximate surface area is 103 Å². The van der Waals surface area contributed by atoms with Crippen LogP contribution >= 0.6 is 0 Å². The first-order chi connectivity index (χ1) is 8.38. The van der Waals surface area contributed by atoms with Crippen LogP contribution in [-0.4, -0.2) is 52.1 Å². The minimum Gasteiger partial charge on any atom is -0.314 e. The molecule has 1 saturated heterocycles. The van der Waals surface area contributed by atoms with Crippen molar-refractivity contribution < 1.29 is 0 Å². The predicted molar refractivity (Wildman–Crippen MR) is 67.8 cm³/mol. The highest BCUT2D eigenvalue weighted by Crippen LogP contribution is 2.09. The van der Waals surface area contributed by atoms with Crippen molar-refractivity contribution >= 4 is 0 Å². The molecule has 1 fully saturated rings. The summed E-state index contributed by atoms with van der Waals surface area (Å²) in [5.41, 5.74) is 0. The summed E-state index contributed by atoms with van der Waals surface area (Å²) >= 11 is 0. The number of aryl methyl sites for hydroxylation is 1. The normalized spacial score (nSPS) is 18.6. The van der Waals surface area contributed by atoms with Crippen molar-refractivity contribution in [1.82, 2.24) is 25.2 Å². The molecule has 0 aliphatic carbocycles. The van der Waals surface area contributed by atoms with Gasteiger partial charge in [0.15, 0.2) is 0 Å². The maximum atomic E-state index is 3.95. The van der Waals surface area contributed by atoms with E-state index in [1.807, 2.05) is 10.9 Å². The van der Waals surface area contributed by atoms with Gasteiger partial charge in [-0.2, -0.15) is 0 Å². The van der Waals surface area contributed by atoms with Crippen LogP contribution in [0.1, 0.15) is 26.2 Å². The number of hydrogen-bond donors (Lipinski definition) is 1. The van der Waals surface area contributed by atoms with Crippen molar-refractivity contribution in [3.8, 4) is 0 Å². The number of hydrogen-bond acceptors (Lipinski definition) is 4. The van der Waals surface area contributed by atoms with Crippen LogP contribution in [0.15, 0.2) is 12.4 Å². The average molecular weight is 237 g/mol. The summed E-state index contributed by atoms with van der Waals surface area (Å²) in [7, 11) is 0. The number of rotatable bonds is 6. The number of nitrogens with zero attached hydrogens (tertiary/aromatic N) is 4. The largest absolute Gasteiger partial charge is 0.314 e. The summed E-state index contributed by atoms with van der Waals surface area (Å²) in [5, 5.41) is 11.4. The van der Waals surface area contributed by atoms with Gasteiger partial charge in [0.05, 0.1) is 6.20 Å². The zero-order valence-electron chi connectivity index (χ0n) is 10.7. The summed E-state index contributed by atoms with van der Waals surface area (Å²) in [4.78, 5) is 2.52. The Kier molecular flexibility index (Phi) is 4.94. The van der Waals surface area contributed by atoms with E-state index in [0.717, 1.165) is 19.5 Å². The Morgan fingerprint density at radius 3 is 2.82 bits per heavy atom. The van der Waals surface area contributed by atoms with Crippen LogP contribution in [-0.2, 0) is 6.54 Å². The van der Waals surface area contributed by atoms with Crippen LogP contribution in [0.3, 0.4) is 0 Å². The molecule has 0 spiro atoms. The summed E-state index contributed by atoms with van der Waals surface area (Å²) in [6.07, 6.45) is 7.35. The molecule has 2 rings (SSSR count). The maximum absolute atomic E-state index is 3.95. The lowest BCUT2D eigenvalue weighted by atomic mass is 10.1. The molecule has 17 heavy (non-hydrogen) atoms. The van der Waals surface area contributed by atoms with E-state index in [4.69, 9.17) is 0 Å². The molecule has 2 heterocycles.